The van der Waals surface area contributed by atoms with E-state index in [1.165, 1.54) is 16.4 Å². The van der Waals surface area contributed by atoms with Crippen molar-refractivity contribution in [3.63, 3.8) is 0 Å². The van der Waals surface area contributed by atoms with Gasteiger partial charge in [-0.1, -0.05) is 18.6 Å². The van der Waals surface area contributed by atoms with E-state index in [9.17, 15) is 30.4 Å². The maximum Gasteiger partial charge on any atom is 0.341 e. The number of carbonyl (C=O) groups is 1. The van der Waals surface area contributed by atoms with Crippen molar-refractivity contribution in [1.82, 2.24) is 4.31 Å². The van der Waals surface area contributed by atoms with Gasteiger partial charge >= 0.3 is 5.76 Å². The van der Waals surface area contributed by atoms with E-state index in [0.29, 0.717) is 13.1 Å². The average Bonchev–Trinajstić information content (AvgIpc) is 2.74. The molecule has 2 aromatic carbocycles. The minimum absolute atomic E-state index is 0.00612. The highest BCUT2D eigenvalue weighted by molar-refractivity contribution is 7.91. The van der Waals surface area contributed by atoms with E-state index in [-0.39, 0.29) is 16.1 Å². The smallest absolute Gasteiger partial charge is 0.321 e. The minimum Gasteiger partial charge on any atom is -0.321 e. The number of amides is 1. The summed E-state index contributed by atoms with van der Waals surface area (Å²) >= 11 is 0. The van der Waals surface area contributed by atoms with Gasteiger partial charge in [0.25, 0.3) is 5.91 Å². The predicted molar refractivity (Wildman–Crippen MR) is 107 cm³/mol. The van der Waals surface area contributed by atoms with Crippen LogP contribution >= 0.6 is 0 Å². The number of carbonyl (C=O) groups excluding carboxylic acids is 1. The number of anilines is 1. The Bertz CT molecular complexity index is 1130. The summed E-state index contributed by atoms with van der Waals surface area (Å²) in [5.74, 6) is -4.26. The molecule has 0 aliphatic carbocycles. The number of benzene rings is 2. The SMILES string of the molecule is O=C(Nc1ccccc1S(=O)(=O)N1CCCCC1)c1ccc(S(=O)(=O)C(F)F)cc1. The third kappa shape index (κ3) is 4.52. The van der Waals surface area contributed by atoms with Crippen LogP contribution in [0.3, 0.4) is 0 Å². The molecule has 0 unspecified atom stereocenters. The minimum atomic E-state index is -4.77. The molecule has 2 aromatic rings. The average molecular weight is 459 g/mol. The first-order valence-electron chi connectivity index (χ1n) is 9.16. The Balaban J connectivity index is 1.84. The van der Waals surface area contributed by atoms with E-state index in [1.807, 2.05) is 0 Å². The summed E-state index contributed by atoms with van der Waals surface area (Å²) < 4.78 is 75.6. The molecule has 0 radical (unpaired) electrons. The van der Waals surface area contributed by atoms with Gasteiger partial charge in [0.15, 0.2) is 0 Å². The summed E-state index contributed by atoms with van der Waals surface area (Å²) in [6.45, 7) is 0.815. The summed E-state index contributed by atoms with van der Waals surface area (Å²) in [7, 11) is -8.57. The molecule has 30 heavy (non-hydrogen) atoms. The van der Waals surface area contributed by atoms with Crippen LogP contribution in [0.25, 0.3) is 0 Å². The van der Waals surface area contributed by atoms with Crippen LogP contribution in [0.5, 0.6) is 0 Å². The Kier molecular flexibility index (Phi) is 6.53. The number of nitrogens with zero attached hydrogens (tertiary/aromatic N) is 1. The molecule has 1 aliphatic rings. The lowest BCUT2D eigenvalue weighted by atomic mass is 10.2. The van der Waals surface area contributed by atoms with Gasteiger partial charge in [0.05, 0.1) is 10.6 Å². The third-order valence-corrected chi connectivity index (χ3v) is 8.10. The molecule has 1 heterocycles. The van der Waals surface area contributed by atoms with Crippen LogP contribution in [-0.4, -0.2) is 45.9 Å². The quantitative estimate of drug-likeness (QED) is 0.717. The Hall–Kier alpha value is -2.37. The fraction of sp³-hybridized carbons (Fsp3) is 0.316. The third-order valence-electron chi connectivity index (χ3n) is 4.75. The van der Waals surface area contributed by atoms with Crippen molar-refractivity contribution in [1.29, 1.82) is 0 Å². The molecule has 0 aromatic heterocycles. The summed E-state index contributed by atoms with van der Waals surface area (Å²) in [5, 5.41) is 2.51. The highest BCUT2D eigenvalue weighted by Gasteiger charge is 2.29. The molecule has 0 bridgehead atoms. The maximum atomic E-state index is 13.0. The maximum absolute atomic E-state index is 13.0. The molecule has 11 heteroatoms. The Morgan fingerprint density at radius 2 is 1.50 bits per heavy atom. The van der Waals surface area contributed by atoms with Gasteiger partial charge in [-0.2, -0.15) is 13.1 Å². The van der Waals surface area contributed by atoms with Gasteiger partial charge in [0, 0.05) is 18.7 Å². The molecular formula is C19H20F2N2O5S2. The van der Waals surface area contributed by atoms with Crippen molar-refractivity contribution in [3.05, 3.63) is 54.1 Å². The van der Waals surface area contributed by atoms with Gasteiger partial charge in [-0.05, 0) is 49.2 Å². The number of piperidine rings is 1. The number of alkyl halides is 2. The monoisotopic (exact) mass is 458 g/mol. The topological polar surface area (TPSA) is 101 Å². The molecular weight excluding hydrogens is 438 g/mol. The summed E-state index contributed by atoms with van der Waals surface area (Å²) in [5.41, 5.74) is 0.0748. The standard InChI is InChI=1S/C19H20F2N2O5S2/c20-19(21)29(25,26)15-10-8-14(9-11-15)18(24)22-16-6-2-3-7-17(16)30(27,28)23-12-4-1-5-13-23/h2-3,6-11,19H,1,4-5,12-13H2,(H,22,24). The predicted octanol–water partition coefficient (Wildman–Crippen LogP) is 3.11. The lowest BCUT2D eigenvalue weighted by molar-refractivity contribution is 0.102. The Morgan fingerprint density at radius 3 is 2.10 bits per heavy atom. The zero-order chi connectivity index (χ0) is 21.9. The zero-order valence-corrected chi connectivity index (χ0v) is 17.4. The van der Waals surface area contributed by atoms with Crippen LogP contribution in [0.15, 0.2) is 58.3 Å². The Morgan fingerprint density at radius 1 is 0.900 bits per heavy atom. The van der Waals surface area contributed by atoms with Gasteiger partial charge in [-0.3, -0.25) is 4.79 Å². The van der Waals surface area contributed by atoms with Crippen molar-refractivity contribution in [3.8, 4) is 0 Å². The normalized spacial score (nSPS) is 15.8. The molecule has 3 rings (SSSR count). The zero-order valence-electron chi connectivity index (χ0n) is 15.8. The molecule has 7 nitrogen and oxygen atoms in total. The highest BCUT2D eigenvalue weighted by atomic mass is 32.2. The van der Waals surface area contributed by atoms with Crippen LogP contribution in [0, 0.1) is 0 Å². The first-order chi connectivity index (χ1) is 14.1. The second-order valence-corrected chi connectivity index (χ2v) is 10.6. The highest BCUT2D eigenvalue weighted by Crippen LogP contribution is 2.27. The van der Waals surface area contributed by atoms with E-state index < -0.39 is 36.4 Å². The lowest BCUT2D eigenvalue weighted by Gasteiger charge is -2.26. The number of hydrogen-bond donors (Lipinski definition) is 1. The van der Waals surface area contributed by atoms with Crippen molar-refractivity contribution in [2.75, 3.05) is 18.4 Å². The molecule has 1 amide bonds. The molecule has 1 fully saturated rings. The molecule has 1 saturated heterocycles. The summed E-state index contributed by atoms with van der Waals surface area (Å²) in [6.07, 6.45) is 2.49. The van der Waals surface area contributed by atoms with Gasteiger partial charge < -0.3 is 5.32 Å². The first kappa shape index (κ1) is 22.3. The number of para-hydroxylation sites is 1. The molecule has 162 valence electrons. The molecule has 0 atom stereocenters. The van der Waals surface area contributed by atoms with E-state index in [1.54, 1.807) is 12.1 Å². The van der Waals surface area contributed by atoms with Crippen LogP contribution in [0.1, 0.15) is 29.6 Å². The van der Waals surface area contributed by atoms with Crippen molar-refractivity contribution < 1.29 is 30.4 Å². The van der Waals surface area contributed by atoms with Crippen molar-refractivity contribution in [2.45, 2.75) is 34.8 Å². The summed E-state index contributed by atoms with van der Waals surface area (Å²) in [4.78, 5) is 11.9. The van der Waals surface area contributed by atoms with Gasteiger partial charge in [0.2, 0.25) is 19.9 Å². The number of hydrogen-bond acceptors (Lipinski definition) is 5. The number of halogens is 2. The largest absolute Gasteiger partial charge is 0.341 e. The Labute approximate surface area is 173 Å². The van der Waals surface area contributed by atoms with E-state index in [0.717, 1.165) is 43.5 Å². The molecule has 0 spiro atoms. The van der Waals surface area contributed by atoms with Crippen LogP contribution in [-0.2, 0) is 19.9 Å². The number of sulfone groups is 1. The van der Waals surface area contributed by atoms with Gasteiger partial charge in [-0.25, -0.2) is 16.8 Å². The van der Waals surface area contributed by atoms with Crippen molar-refractivity contribution >= 4 is 31.5 Å². The van der Waals surface area contributed by atoms with Gasteiger partial charge in [0.1, 0.15) is 4.90 Å². The first-order valence-corrected chi connectivity index (χ1v) is 12.2. The van der Waals surface area contributed by atoms with Gasteiger partial charge in [-0.15, -0.1) is 0 Å². The number of rotatable bonds is 6. The molecule has 1 N–H and O–H groups in total. The molecule has 0 saturated carbocycles. The van der Waals surface area contributed by atoms with Crippen LogP contribution in [0.4, 0.5) is 14.5 Å². The van der Waals surface area contributed by atoms with E-state index in [4.69, 9.17) is 0 Å². The fourth-order valence-electron chi connectivity index (χ4n) is 3.13. The number of sulfonamides is 1. The second kappa shape index (κ2) is 8.78. The summed E-state index contributed by atoms with van der Waals surface area (Å²) in [6, 6.07) is 9.97. The van der Waals surface area contributed by atoms with E-state index in [2.05, 4.69) is 5.32 Å². The fourth-order valence-corrected chi connectivity index (χ4v) is 5.52. The number of nitrogens with one attached hydrogen (secondary N) is 1. The molecule has 1 aliphatic heterocycles. The van der Waals surface area contributed by atoms with E-state index >= 15 is 0 Å². The van der Waals surface area contributed by atoms with Crippen molar-refractivity contribution in [2.24, 2.45) is 0 Å². The van der Waals surface area contributed by atoms with Crippen LogP contribution < -0.4 is 5.32 Å². The van der Waals surface area contributed by atoms with Crippen LogP contribution in [0.2, 0.25) is 0 Å². The lowest BCUT2D eigenvalue weighted by Crippen LogP contribution is -2.36. The second-order valence-electron chi connectivity index (χ2n) is 6.75.